The Hall–Kier alpha value is -2.69. The van der Waals surface area contributed by atoms with Crippen molar-refractivity contribution in [3.8, 4) is 5.75 Å². The van der Waals surface area contributed by atoms with Gasteiger partial charge in [-0.05, 0) is 11.6 Å². The lowest BCUT2D eigenvalue weighted by Gasteiger charge is -2.15. The van der Waals surface area contributed by atoms with Gasteiger partial charge in [-0.1, -0.05) is 48.5 Å². The zero-order valence-corrected chi connectivity index (χ0v) is 19.5. The van der Waals surface area contributed by atoms with Gasteiger partial charge in [0.05, 0.1) is 0 Å². The highest BCUT2D eigenvalue weighted by Gasteiger charge is 2.10. The van der Waals surface area contributed by atoms with E-state index in [0.29, 0.717) is 31.0 Å². The van der Waals surface area contributed by atoms with E-state index in [1.807, 2.05) is 24.4 Å². The number of hydrogen-bond donors (Lipinski definition) is 2. The Labute approximate surface area is 197 Å². The van der Waals surface area contributed by atoms with Crippen molar-refractivity contribution in [2.24, 2.45) is 4.99 Å². The van der Waals surface area contributed by atoms with Crippen LogP contribution in [0.4, 0.5) is 8.78 Å². The lowest BCUT2D eigenvalue weighted by atomic mass is 10.2. The molecule has 6 nitrogen and oxygen atoms in total. The van der Waals surface area contributed by atoms with Crippen LogP contribution in [0.15, 0.2) is 72.0 Å². The molecule has 1 heterocycles. The maximum Gasteiger partial charge on any atom is 0.387 e. The monoisotopic (exact) mass is 541 g/mol. The molecule has 0 fully saturated rings. The van der Waals surface area contributed by atoms with Crippen molar-refractivity contribution in [3.63, 3.8) is 0 Å². The molecule has 0 spiro atoms. The first-order valence-corrected chi connectivity index (χ1v) is 9.67. The number of nitrogens with zero attached hydrogens (tertiary/aromatic N) is 3. The third-order valence-electron chi connectivity index (χ3n) is 4.50. The van der Waals surface area contributed by atoms with Crippen molar-refractivity contribution in [3.05, 3.63) is 83.9 Å². The van der Waals surface area contributed by atoms with Crippen LogP contribution in [-0.4, -0.2) is 35.7 Å². The van der Waals surface area contributed by atoms with E-state index >= 15 is 0 Å². The molecule has 0 saturated carbocycles. The summed E-state index contributed by atoms with van der Waals surface area (Å²) in [5, 5.41) is 6.35. The van der Waals surface area contributed by atoms with Crippen molar-refractivity contribution in [1.82, 2.24) is 20.2 Å². The Balaban J connectivity index is 0.00000341. The number of ether oxygens (including phenoxy) is 1. The maximum absolute atomic E-state index is 12.6. The number of nitrogens with one attached hydrogen (secondary N) is 2. The molecule has 0 bridgehead atoms. The first kappa shape index (κ1) is 24.6. The van der Waals surface area contributed by atoms with Crippen LogP contribution in [0.3, 0.4) is 0 Å². The minimum Gasteiger partial charge on any atom is -0.434 e. The predicted molar refractivity (Wildman–Crippen MR) is 128 cm³/mol. The van der Waals surface area contributed by atoms with E-state index in [4.69, 9.17) is 0 Å². The first-order valence-electron chi connectivity index (χ1n) is 9.67. The van der Waals surface area contributed by atoms with E-state index in [0.717, 1.165) is 12.4 Å². The molecule has 9 heteroatoms. The van der Waals surface area contributed by atoms with Crippen molar-refractivity contribution in [1.29, 1.82) is 0 Å². The van der Waals surface area contributed by atoms with E-state index in [-0.39, 0.29) is 29.7 Å². The summed E-state index contributed by atoms with van der Waals surface area (Å²) in [4.78, 5) is 8.62. The second kappa shape index (κ2) is 12.9. The summed E-state index contributed by atoms with van der Waals surface area (Å²) >= 11 is 0. The Kier molecular flexibility index (Phi) is 10.2. The second-order valence-electron chi connectivity index (χ2n) is 6.55. The molecule has 0 unspecified atom stereocenters. The normalized spacial score (nSPS) is 11.2. The van der Waals surface area contributed by atoms with E-state index < -0.39 is 6.61 Å². The smallest absolute Gasteiger partial charge is 0.387 e. The molecule has 0 atom stereocenters. The predicted octanol–water partition coefficient (Wildman–Crippen LogP) is 4.06. The molecule has 2 N–H and O–H groups in total. The zero-order chi connectivity index (χ0) is 21.2. The molecule has 0 aliphatic rings. The molecule has 0 radical (unpaired) electrons. The summed E-state index contributed by atoms with van der Waals surface area (Å²) in [6.07, 6.45) is 4.48. The van der Waals surface area contributed by atoms with Crippen molar-refractivity contribution >= 4 is 29.9 Å². The lowest BCUT2D eigenvalue weighted by Crippen LogP contribution is -2.38. The second-order valence-corrected chi connectivity index (χ2v) is 6.55. The fourth-order valence-corrected chi connectivity index (χ4v) is 3.05. The minimum absolute atomic E-state index is 0. The highest BCUT2D eigenvalue weighted by molar-refractivity contribution is 14.0. The number of para-hydroxylation sites is 1. The van der Waals surface area contributed by atoms with Crippen LogP contribution >= 0.6 is 24.0 Å². The van der Waals surface area contributed by atoms with Gasteiger partial charge in [0, 0.05) is 51.1 Å². The first-order chi connectivity index (χ1) is 14.7. The van der Waals surface area contributed by atoms with Crippen LogP contribution in [0.5, 0.6) is 5.75 Å². The Morgan fingerprint density at radius 1 is 1.10 bits per heavy atom. The number of imidazole rings is 1. The molecule has 0 aliphatic carbocycles. The standard InChI is InChI=1S/C22H25F2N5O.HI/c1-25-22(28-15-18-9-5-6-10-19(18)30-21(23)24)27-12-11-20-26-13-14-29(20)16-17-7-3-2-4-8-17;/h2-10,13-14,21H,11-12,15-16H2,1H3,(H2,25,27,28);1H. The van der Waals surface area contributed by atoms with E-state index in [1.54, 1.807) is 31.4 Å². The summed E-state index contributed by atoms with van der Waals surface area (Å²) in [5.41, 5.74) is 1.84. The molecule has 1 aromatic heterocycles. The van der Waals surface area contributed by atoms with Gasteiger partial charge in [-0.15, -0.1) is 24.0 Å². The van der Waals surface area contributed by atoms with Crippen LogP contribution in [0.25, 0.3) is 0 Å². The van der Waals surface area contributed by atoms with Gasteiger partial charge in [0.1, 0.15) is 11.6 Å². The van der Waals surface area contributed by atoms with E-state index in [2.05, 4.69) is 42.0 Å². The van der Waals surface area contributed by atoms with Gasteiger partial charge in [-0.3, -0.25) is 4.99 Å². The van der Waals surface area contributed by atoms with Crippen LogP contribution < -0.4 is 15.4 Å². The fourth-order valence-electron chi connectivity index (χ4n) is 3.05. The molecule has 3 rings (SSSR count). The minimum atomic E-state index is -2.86. The molecule has 166 valence electrons. The largest absolute Gasteiger partial charge is 0.434 e. The highest BCUT2D eigenvalue weighted by atomic mass is 127. The average Bonchev–Trinajstić information content (AvgIpc) is 3.18. The Morgan fingerprint density at radius 3 is 2.58 bits per heavy atom. The fraction of sp³-hybridized carbons (Fsp3) is 0.273. The number of rotatable bonds is 9. The lowest BCUT2D eigenvalue weighted by molar-refractivity contribution is -0.0504. The van der Waals surface area contributed by atoms with Gasteiger partial charge in [0.25, 0.3) is 0 Å². The SMILES string of the molecule is CN=C(NCCc1nccn1Cc1ccccc1)NCc1ccccc1OC(F)F.I. The summed E-state index contributed by atoms with van der Waals surface area (Å²) in [7, 11) is 1.66. The zero-order valence-electron chi connectivity index (χ0n) is 17.2. The number of guanidine groups is 1. The van der Waals surface area contributed by atoms with Crippen LogP contribution in [0.2, 0.25) is 0 Å². The maximum atomic E-state index is 12.6. The number of halogens is 3. The third-order valence-corrected chi connectivity index (χ3v) is 4.50. The quantitative estimate of drug-likeness (QED) is 0.244. The van der Waals surface area contributed by atoms with Gasteiger partial charge in [0.15, 0.2) is 5.96 Å². The van der Waals surface area contributed by atoms with Gasteiger partial charge in [0.2, 0.25) is 0 Å². The van der Waals surface area contributed by atoms with Crippen LogP contribution in [0, 0.1) is 0 Å². The third kappa shape index (κ3) is 7.82. The number of aromatic nitrogens is 2. The van der Waals surface area contributed by atoms with Crippen LogP contribution in [0.1, 0.15) is 17.0 Å². The number of aliphatic imine (C=N–C) groups is 1. The van der Waals surface area contributed by atoms with Gasteiger partial charge >= 0.3 is 6.61 Å². The van der Waals surface area contributed by atoms with Crippen LogP contribution in [-0.2, 0) is 19.5 Å². The topological polar surface area (TPSA) is 63.5 Å². The van der Waals surface area contributed by atoms with Gasteiger partial charge in [-0.25, -0.2) is 4.98 Å². The molecule has 0 saturated heterocycles. The van der Waals surface area contributed by atoms with E-state index in [9.17, 15) is 8.78 Å². The Morgan fingerprint density at radius 2 is 1.84 bits per heavy atom. The highest BCUT2D eigenvalue weighted by Crippen LogP contribution is 2.19. The molecule has 0 aliphatic heterocycles. The van der Waals surface area contributed by atoms with E-state index in [1.165, 1.54) is 11.6 Å². The van der Waals surface area contributed by atoms with Crippen molar-refractivity contribution < 1.29 is 13.5 Å². The van der Waals surface area contributed by atoms with Gasteiger partial charge < -0.3 is 19.9 Å². The molecule has 3 aromatic rings. The Bertz CT molecular complexity index is 950. The number of hydrogen-bond acceptors (Lipinski definition) is 3. The van der Waals surface area contributed by atoms with Gasteiger partial charge in [-0.2, -0.15) is 8.78 Å². The molecule has 31 heavy (non-hydrogen) atoms. The summed E-state index contributed by atoms with van der Waals surface area (Å²) in [6.45, 7) is -1.15. The average molecular weight is 541 g/mol. The molecule has 0 amide bonds. The number of alkyl halides is 2. The number of benzene rings is 2. The van der Waals surface area contributed by atoms with Crippen molar-refractivity contribution in [2.75, 3.05) is 13.6 Å². The summed E-state index contributed by atoms with van der Waals surface area (Å²) in [6, 6.07) is 16.9. The molecular formula is C22H26F2IN5O. The summed E-state index contributed by atoms with van der Waals surface area (Å²) in [5.74, 6) is 1.69. The molecular weight excluding hydrogens is 515 g/mol. The molecule has 2 aromatic carbocycles. The summed E-state index contributed by atoms with van der Waals surface area (Å²) < 4.78 is 31.8. The van der Waals surface area contributed by atoms with Crippen molar-refractivity contribution in [2.45, 2.75) is 26.1 Å².